The molecule has 0 aliphatic heterocycles. The van der Waals surface area contributed by atoms with Gasteiger partial charge in [-0.25, -0.2) is 8.78 Å². The molecule has 1 heterocycles. The molecular weight excluding hydrogens is 328 g/mol. The number of alkyl halides is 2. The van der Waals surface area contributed by atoms with Crippen molar-refractivity contribution in [2.45, 2.75) is 39.2 Å². The molecule has 0 aromatic carbocycles. The van der Waals surface area contributed by atoms with Crippen molar-refractivity contribution >= 4 is 11.7 Å². The molecule has 0 unspecified atom stereocenters. The number of pyridine rings is 1. The third kappa shape index (κ3) is 3.43. The van der Waals surface area contributed by atoms with E-state index in [2.05, 4.69) is 4.98 Å². The highest BCUT2D eigenvalue weighted by molar-refractivity contribution is 6.04. The molecule has 0 N–H and O–H groups in total. The van der Waals surface area contributed by atoms with Crippen LogP contribution < -0.4 is 0 Å². The van der Waals surface area contributed by atoms with Gasteiger partial charge in [0.25, 0.3) is 12.3 Å². The Kier molecular flexibility index (Phi) is 4.76. The summed E-state index contributed by atoms with van der Waals surface area (Å²) in [5.74, 6) is -0.747. The lowest BCUT2D eigenvalue weighted by Gasteiger charge is -2.44. The van der Waals surface area contributed by atoms with E-state index in [0.717, 1.165) is 12.3 Å². The second kappa shape index (κ2) is 6.36. The van der Waals surface area contributed by atoms with Gasteiger partial charge in [0, 0.05) is 24.2 Å². The predicted octanol–water partition coefficient (Wildman–Crippen LogP) is 3.30. The number of halogens is 2. The summed E-state index contributed by atoms with van der Waals surface area (Å²) in [6.07, 6.45) is 0.188. The highest BCUT2D eigenvalue weighted by Gasteiger charge is 2.45. The molecule has 25 heavy (non-hydrogen) atoms. The minimum Gasteiger partial charge on any atom is -0.333 e. The van der Waals surface area contributed by atoms with Crippen LogP contribution in [0.15, 0.2) is 30.0 Å². The molecule has 1 aromatic heterocycles. The van der Waals surface area contributed by atoms with E-state index in [-0.39, 0.29) is 16.9 Å². The molecular formula is C18H19F2N3O2. The highest BCUT2D eigenvalue weighted by Crippen LogP contribution is 2.40. The monoisotopic (exact) mass is 347 g/mol. The van der Waals surface area contributed by atoms with Gasteiger partial charge in [0.15, 0.2) is 5.78 Å². The van der Waals surface area contributed by atoms with E-state index in [1.54, 1.807) is 20.8 Å². The average Bonchev–Trinajstić information content (AvgIpc) is 2.56. The van der Waals surface area contributed by atoms with Gasteiger partial charge in [-0.1, -0.05) is 13.8 Å². The zero-order valence-electron chi connectivity index (χ0n) is 14.5. The largest absolute Gasteiger partial charge is 0.333 e. The first kappa shape index (κ1) is 18.7. The molecule has 0 fully saturated rings. The number of carbonyl (C=O) groups excluding carboxylic acids is 2. The number of hydrogen-bond donors (Lipinski definition) is 0. The Hall–Kier alpha value is -2.62. The van der Waals surface area contributed by atoms with Crippen LogP contribution in [0.25, 0.3) is 0 Å². The summed E-state index contributed by atoms with van der Waals surface area (Å²) in [6.45, 7) is 5.18. The van der Waals surface area contributed by atoms with Gasteiger partial charge in [-0.15, -0.1) is 0 Å². The summed E-state index contributed by atoms with van der Waals surface area (Å²) in [7, 11) is 1.53. The Morgan fingerprint density at radius 1 is 1.40 bits per heavy atom. The van der Waals surface area contributed by atoms with Crippen LogP contribution in [0.3, 0.4) is 0 Å². The van der Waals surface area contributed by atoms with Gasteiger partial charge in [-0.05, 0) is 31.6 Å². The van der Waals surface area contributed by atoms with Crippen LogP contribution in [0.5, 0.6) is 0 Å². The number of nitrogens with zero attached hydrogens (tertiary/aromatic N) is 3. The maximum absolute atomic E-state index is 12.8. The molecule has 0 radical (unpaired) electrons. The lowest BCUT2D eigenvalue weighted by atomic mass is 9.68. The SMILES string of the molecule is CN(C(=O)c1ccnc(C(F)F)c1)[C@]1(C)C=C(C#N)C(=O)C(C)(C)C1. The number of nitriles is 1. The lowest BCUT2D eigenvalue weighted by Crippen LogP contribution is -2.52. The second-order valence-electron chi connectivity index (χ2n) is 7.05. The van der Waals surface area contributed by atoms with Crippen LogP contribution in [-0.4, -0.2) is 34.2 Å². The number of hydrogen-bond acceptors (Lipinski definition) is 4. The molecule has 0 spiro atoms. The summed E-state index contributed by atoms with van der Waals surface area (Å²) < 4.78 is 25.6. The maximum atomic E-state index is 12.8. The van der Waals surface area contributed by atoms with Crippen LogP contribution in [0.4, 0.5) is 8.78 Å². The topological polar surface area (TPSA) is 74.1 Å². The minimum atomic E-state index is -2.77. The van der Waals surface area contributed by atoms with Gasteiger partial charge in [0.05, 0.1) is 11.1 Å². The van der Waals surface area contributed by atoms with Gasteiger partial charge < -0.3 is 4.90 Å². The molecule has 132 valence electrons. The molecule has 2 rings (SSSR count). The molecule has 1 atom stereocenters. The maximum Gasteiger partial charge on any atom is 0.280 e. The van der Waals surface area contributed by atoms with Crippen molar-refractivity contribution in [2.75, 3.05) is 7.05 Å². The average molecular weight is 347 g/mol. The third-order valence-electron chi connectivity index (χ3n) is 4.56. The number of rotatable bonds is 3. The normalized spacial score (nSPS) is 22.3. The van der Waals surface area contributed by atoms with E-state index >= 15 is 0 Å². The number of allylic oxidation sites excluding steroid dienone is 1. The van der Waals surface area contributed by atoms with Crippen molar-refractivity contribution in [1.29, 1.82) is 5.26 Å². The predicted molar refractivity (Wildman–Crippen MR) is 86.8 cm³/mol. The molecule has 5 nitrogen and oxygen atoms in total. The van der Waals surface area contributed by atoms with Crippen LogP contribution in [0.2, 0.25) is 0 Å². The highest BCUT2D eigenvalue weighted by atomic mass is 19.3. The van der Waals surface area contributed by atoms with E-state index in [9.17, 15) is 23.6 Å². The number of carbonyl (C=O) groups is 2. The van der Waals surface area contributed by atoms with Gasteiger partial charge >= 0.3 is 0 Å². The first-order valence-electron chi connectivity index (χ1n) is 7.72. The van der Waals surface area contributed by atoms with E-state index in [1.807, 2.05) is 6.07 Å². The van der Waals surface area contributed by atoms with Crippen LogP contribution in [0, 0.1) is 16.7 Å². The van der Waals surface area contributed by atoms with Gasteiger partial charge in [-0.2, -0.15) is 5.26 Å². The van der Waals surface area contributed by atoms with Crippen molar-refractivity contribution in [3.8, 4) is 6.07 Å². The van der Waals surface area contributed by atoms with E-state index in [1.165, 1.54) is 24.1 Å². The number of aromatic nitrogens is 1. The number of likely N-dealkylation sites (N-methyl/N-ethyl adjacent to an activating group) is 1. The molecule has 1 aliphatic rings. The molecule has 1 amide bonds. The number of amides is 1. The fourth-order valence-corrected chi connectivity index (χ4v) is 3.19. The fourth-order valence-electron chi connectivity index (χ4n) is 3.19. The van der Waals surface area contributed by atoms with Crippen molar-refractivity contribution in [1.82, 2.24) is 9.88 Å². The number of Topliss-reactive ketones (excluding diaryl/α,β-unsaturated/α-hetero) is 1. The summed E-state index contributed by atoms with van der Waals surface area (Å²) in [5.41, 5.74) is -2.10. The first-order valence-corrected chi connectivity index (χ1v) is 7.72. The van der Waals surface area contributed by atoms with Crippen molar-refractivity contribution in [3.05, 3.63) is 41.2 Å². The third-order valence-corrected chi connectivity index (χ3v) is 4.56. The molecule has 0 saturated heterocycles. The van der Waals surface area contributed by atoms with Gasteiger partial charge in [0.2, 0.25) is 0 Å². The molecule has 1 aliphatic carbocycles. The van der Waals surface area contributed by atoms with Crippen molar-refractivity contribution < 1.29 is 18.4 Å². The Morgan fingerprint density at radius 3 is 2.60 bits per heavy atom. The Bertz CT molecular complexity index is 796. The second-order valence-corrected chi connectivity index (χ2v) is 7.05. The molecule has 1 aromatic rings. The minimum absolute atomic E-state index is 0.00129. The fraction of sp³-hybridized carbons (Fsp3) is 0.444. The van der Waals surface area contributed by atoms with E-state index in [0.29, 0.717) is 6.42 Å². The smallest absolute Gasteiger partial charge is 0.280 e. The Balaban J connectivity index is 2.42. The zero-order chi connectivity index (χ0) is 19.0. The summed E-state index contributed by atoms with van der Waals surface area (Å²) in [4.78, 5) is 30.0. The van der Waals surface area contributed by atoms with Gasteiger partial charge in [0.1, 0.15) is 11.8 Å². The Labute approximate surface area is 145 Å². The molecule has 0 saturated carbocycles. The van der Waals surface area contributed by atoms with Crippen molar-refractivity contribution in [2.24, 2.45) is 5.41 Å². The lowest BCUT2D eigenvalue weighted by molar-refractivity contribution is -0.125. The van der Waals surface area contributed by atoms with Crippen LogP contribution in [-0.2, 0) is 4.79 Å². The summed E-state index contributed by atoms with van der Waals surface area (Å²) in [5, 5.41) is 9.23. The first-order chi connectivity index (χ1) is 11.5. The summed E-state index contributed by atoms with van der Waals surface area (Å²) >= 11 is 0. The number of ketones is 1. The molecule has 7 heteroatoms. The van der Waals surface area contributed by atoms with Crippen LogP contribution in [0.1, 0.15) is 49.7 Å². The van der Waals surface area contributed by atoms with Crippen LogP contribution >= 0.6 is 0 Å². The van der Waals surface area contributed by atoms with E-state index < -0.39 is 29.0 Å². The standard InChI is InChI=1S/C18H19F2N3O2/c1-17(2)10-18(3,8-12(9-21)14(17)24)23(4)16(25)11-5-6-22-13(7-11)15(19)20/h5-8,15H,10H2,1-4H3/t18-/m1/s1. The summed E-state index contributed by atoms with van der Waals surface area (Å²) in [6, 6.07) is 4.31. The Morgan fingerprint density at radius 2 is 2.04 bits per heavy atom. The van der Waals surface area contributed by atoms with Gasteiger partial charge in [-0.3, -0.25) is 14.6 Å². The van der Waals surface area contributed by atoms with E-state index in [4.69, 9.17) is 0 Å². The molecule has 0 bridgehead atoms. The zero-order valence-corrected chi connectivity index (χ0v) is 14.5. The quantitative estimate of drug-likeness (QED) is 0.841. The van der Waals surface area contributed by atoms with Crippen molar-refractivity contribution in [3.63, 3.8) is 0 Å².